The first-order valence-electron chi connectivity index (χ1n) is 5.51. The molecular weight excluding hydrogens is 254 g/mol. The molecule has 2 N–H and O–H groups in total. The second-order valence-electron chi connectivity index (χ2n) is 3.97. The Morgan fingerprint density at radius 1 is 1.50 bits per heavy atom. The third kappa shape index (κ3) is 2.63. The number of hydrogen-bond acceptors (Lipinski definition) is 5. The van der Waals surface area contributed by atoms with Gasteiger partial charge in [0.25, 0.3) is 5.89 Å². The van der Waals surface area contributed by atoms with Crippen molar-refractivity contribution < 1.29 is 9.26 Å². The maximum atomic E-state index is 5.94. The number of nitrogen functional groups attached to an aromatic ring is 1. The molecule has 1 aromatic heterocycles. The van der Waals surface area contributed by atoms with E-state index >= 15 is 0 Å². The Morgan fingerprint density at radius 3 is 3.00 bits per heavy atom. The minimum atomic E-state index is 0.0344. The van der Waals surface area contributed by atoms with E-state index in [2.05, 4.69) is 10.1 Å². The molecule has 1 atom stereocenters. The van der Waals surface area contributed by atoms with Gasteiger partial charge in [0, 0.05) is 13.5 Å². The second kappa shape index (κ2) is 5.37. The van der Waals surface area contributed by atoms with Crippen LogP contribution in [0.5, 0.6) is 0 Å². The van der Waals surface area contributed by atoms with Crippen molar-refractivity contribution in [1.82, 2.24) is 10.1 Å². The fourth-order valence-corrected chi connectivity index (χ4v) is 1.68. The first kappa shape index (κ1) is 12.9. The van der Waals surface area contributed by atoms with E-state index in [9.17, 15) is 0 Å². The zero-order valence-corrected chi connectivity index (χ0v) is 10.9. The largest absolute Gasteiger partial charge is 0.397 e. The van der Waals surface area contributed by atoms with Gasteiger partial charge in [-0.25, -0.2) is 0 Å². The van der Waals surface area contributed by atoms with Crippen molar-refractivity contribution in [2.45, 2.75) is 19.4 Å². The highest BCUT2D eigenvalue weighted by Gasteiger charge is 2.14. The molecular formula is C12H14ClN3O2. The Balaban J connectivity index is 2.27. The summed E-state index contributed by atoms with van der Waals surface area (Å²) in [6, 6.07) is 5.29. The van der Waals surface area contributed by atoms with Gasteiger partial charge in [-0.1, -0.05) is 22.8 Å². The summed E-state index contributed by atoms with van der Waals surface area (Å²) >= 11 is 5.94. The quantitative estimate of drug-likeness (QED) is 0.862. The molecule has 2 rings (SSSR count). The number of ether oxygens (including phenoxy) is 1. The highest BCUT2D eigenvalue weighted by molar-refractivity contribution is 6.33. The van der Waals surface area contributed by atoms with E-state index in [1.807, 2.05) is 6.92 Å². The van der Waals surface area contributed by atoms with Crippen molar-refractivity contribution >= 4 is 17.3 Å². The standard InChI is InChI=1S/C12H14ClN3O2/c1-7(17-2)6-10-15-12(18-16-10)8-4-3-5-9(13)11(8)14/h3-5,7H,6,14H2,1-2H3. The predicted octanol–water partition coefficient (Wildman–Crippen LogP) is 2.55. The lowest BCUT2D eigenvalue weighted by molar-refractivity contribution is 0.116. The third-order valence-electron chi connectivity index (χ3n) is 2.62. The van der Waals surface area contributed by atoms with Gasteiger partial charge in [-0.05, 0) is 19.1 Å². The molecule has 18 heavy (non-hydrogen) atoms. The molecule has 0 aliphatic heterocycles. The van der Waals surface area contributed by atoms with Gasteiger partial charge in [-0.3, -0.25) is 0 Å². The third-order valence-corrected chi connectivity index (χ3v) is 2.95. The maximum Gasteiger partial charge on any atom is 0.260 e. The molecule has 2 aromatic rings. The summed E-state index contributed by atoms with van der Waals surface area (Å²) in [5.41, 5.74) is 6.95. The number of nitrogens with zero attached hydrogens (tertiary/aromatic N) is 2. The molecule has 0 amide bonds. The molecule has 0 aliphatic rings. The Morgan fingerprint density at radius 2 is 2.28 bits per heavy atom. The van der Waals surface area contributed by atoms with E-state index in [1.165, 1.54) is 0 Å². The van der Waals surface area contributed by atoms with Crippen LogP contribution in [0.1, 0.15) is 12.7 Å². The fraction of sp³-hybridized carbons (Fsp3) is 0.333. The Labute approximate surface area is 110 Å². The summed E-state index contributed by atoms with van der Waals surface area (Å²) in [4.78, 5) is 4.27. The maximum absolute atomic E-state index is 5.94. The van der Waals surface area contributed by atoms with Gasteiger partial charge in [-0.2, -0.15) is 4.98 Å². The van der Waals surface area contributed by atoms with Gasteiger partial charge in [0.15, 0.2) is 5.82 Å². The van der Waals surface area contributed by atoms with Crippen molar-refractivity contribution in [2.75, 3.05) is 12.8 Å². The van der Waals surface area contributed by atoms with Gasteiger partial charge >= 0.3 is 0 Å². The van der Waals surface area contributed by atoms with Crippen molar-refractivity contribution in [3.63, 3.8) is 0 Å². The van der Waals surface area contributed by atoms with E-state index in [-0.39, 0.29) is 6.10 Å². The van der Waals surface area contributed by atoms with E-state index in [0.29, 0.717) is 34.4 Å². The Kier molecular flexibility index (Phi) is 3.84. The highest BCUT2D eigenvalue weighted by atomic mass is 35.5. The monoisotopic (exact) mass is 267 g/mol. The molecule has 0 spiro atoms. The Hall–Kier alpha value is -1.59. The number of nitrogens with two attached hydrogens (primary N) is 1. The summed E-state index contributed by atoms with van der Waals surface area (Å²) in [6.45, 7) is 1.93. The van der Waals surface area contributed by atoms with Gasteiger partial charge in [0.2, 0.25) is 0 Å². The zero-order chi connectivity index (χ0) is 13.1. The number of anilines is 1. The normalized spacial score (nSPS) is 12.6. The number of hydrogen-bond donors (Lipinski definition) is 1. The van der Waals surface area contributed by atoms with E-state index in [0.717, 1.165) is 0 Å². The molecule has 0 saturated carbocycles. The van der Waals surface area contributed by atoms with Crippen molar-refractivity contribution in [1.29, 1.82) is 0 Å². The van der Waals surface area contributed by atoms with Crippen LogP contribution in [0.25, 0.3) is 11.5 Å². The van der Waals surface area contributed by atoms with Gasteiger partial charge in [0.1, 0.15) is 0 Å². The number of aromatic nitrogens is 2. The minimum absolute atomic E-state index is 0.0344. The lowest BCUT2D eigenvalue weighted by Gasteiger charge is -2.04. The molecule has 0 fully saturated rings. The number of methoxy groups -OCH3 is 1. The molecule has 5 nitrogen and oxygen atoms in total. The van der Waals surface area contributed by atoms with Crippen LogP contribution in [-0.2, 0) is 11.2 Å². The van der Waals surface area contributed by atoms with Crippen LogP contribution in [-0.4, -0.2) is 23.4 Å². The van der Waals surface area contributed by atoms with Gasteiger partial charge in [0.05, 0.1) is 22.4 Å². The molecule has 1 unspecified atom stereocenters. The van der Waals surface area contributed by atoms with Crippen molar-refractivity contribution in [3.8, 4) is 11.5 Å². The molecule has 1 heterocycles. The Bertz CT molecular complexity index is 542. The van der Waals surface area contributed by atoms with Crippen LogP contribution in [0.2, 0.25) is 5.02 Å². The molecule has 0 aliphatic carbocycles. The summed E-state index contributed by atoms with van der Waals surface area (Å²) < 4.78 is 10.3. The second-order valence-corrected chi connectivity index (χ2v) is 4.37. The van der Waals surface area contributed by atoms with Crippen LogP contribution >= 0.6 is 11.6 Å². The average Bonchev–Trinajstić information content (AvgIpc) is 2.80. The topological polar surface area (TPSA) is 74.2 Å². The smallest absolute Gasteiger partial charge is 0.260 e. The number of halogens is 1. The fourth-order valence-electron chi connectivity index (χ4n) is 1.51. The SMILES string of the molecule is COC(C)Cc1noc(-c2cccc(Cl)c2N)n1. The molecule has 1 aromatic carbocycles. The van der Waals surface area contributed by atoms with Crippen LogP contribution in [0.3, 0.4) is 0 Å². The van der Waals surface area contributed by atoms with Crippen LogP contribution < -0.4 is 5.73 Å². The highest BCUT2D eigenvalue weighted by Crippen LogP contribution is 2.30. The first-order valence-corrected chi connectivity index (χ1v) is 5.89. The number of para-hydroxylation sites is 1. The van der Waals surface area contributed by atoms with E-state index in [4.69, 9.17) is 26.6 Å². The molecule has 96 valence electrons. The predicted molar refractivity (Wildman–Crippen MR) is 69.3 cm³/mol. The number of rotatable bonds is 4. The first-order chi connectivity index (χ1) is 8.61. The summed E-state index contributed by atoms with van der Waals surface area (Å²) in [7, 11) is 1.64. The van der Waals surface area contributed by atoms with Crippen molar-refractivity contribution in [2.24, 2.45) is 0 Å². The number of benzene rings is 1. The van der Waals surface area contributed by atoms with Crippen LogP contribution in [0, 0.1) is 0 Å². The lowest BCUT2D eigenvalue weighted by atomic mass is 10.2. The van der Waals surface area contributed by atoms with E-state index < -0.39 is 0 Å². The zero-order valence-electron chi connectivity index (χ0n) is 10.2. The summed E-state index contributed by atoms with van der Waals surface area (Å²) in [5.74, 6) is 0.951. The van der Waals surface area contributed by atoms with E-state index in [1.54, 1.807) is 25.3 Å². The molecule has 0 bridgehead atoms. The van der Waals surface area contributed by atoms with Crippen LogP contribution in [0.15, 0.2) is 22.7 Å². The summed E-state index contributed by atoms with van der Waals surface area (Å²) in [5, 5.41) is 4.36. The van der Waals surface area contributed by atoms with Gasteiger partial charge < -0.3 is 15.0 Å². The molecule has 6 heteroatoms. The lowest BCUT2D eigenvalue weighted by Crippen LogP contribution is -2.09. The van der Waals surface area contributed by atoms with Gasteiger partial charge in [-0.15, -0.1) is 0 Å². The average molecular weight is 268 g/mol. The molecule has 0 radical (unpaired) electrons. The van der Waals surface area contributed by atoms with Crippen molar-refractivity contribution in [3.05, 3.63) is 29.0 Å². The van der Waals surface area contributed by atoms with Crippen LogP contribution in [0.4, 0.5) is 5.69 Å². The molecule has 0 saturated heterocycles. The minimum Gasteiger partial charge on any atom is -0.397 e. The summed E-state index contributed by atoms with van der Waals surface area (Å²) in [6.07, 6.45) is 0.618.